The molecule has 0 fully saturated rings. The predicted octanol–water partition coefficient (Wildman–Crippen LogP) is 3.28. The Morgan fingerprint density at radius 1 is 1.22 bits per heavy atom. The van der Waals surface area contributed by atoms with E-state index in [1.165, 1.54) is 16.7 Å². The first-order chi connectivity index (χ1) is 8.27. The second-order valence-electron chi connectivity index (χ2n) is 6.40. The summed E-state index contributed by atoms with van der Waals surface area (Å²) in [4.78, 5) is 0. The second kappa shape index (κ2) is 5.85. The highest BCUT2D eigenvalue weighted by atomic mass is 14.7. The number of rotatable bonds is 4. The average Bonchev–Trinajstić information content (AvgIpc) is 2.27. The molecule has 2 nitrogen and oxygen atoms in total. The molecule has 0 saturated heterocycles. The lowest BCUT2D eigenvalue weighted by Crippen LogP contribution is -2.23. The highest BCUT2D eigenvalue weighted by molar-refractivity contribution is 5.36. The molecule has 0 aromatic heterocycles. The number of hydrogen-bond donors (Lipinski definition) is 2. The maximum atomic E-state index is 6.33. The Bertz CT molecular complexity index is 391. The van der Waals surface area contributed by atoms with E-state index in [-0.39, 0.29) is 11.5 Å². The SMILES string of the molecule is Cc1cc(C(C)(C)C)ccc1C(N)C(C)CCN. The van der Waals surface area contributed by atoms with Crippen LogP contribution in [0.15, 0.2) is 18.2 Å². The Morgan fingerprint density at radius 2 is 1.83 bits per heavy atom. The summed E-state index contributed by atoms with van der Waals surface area (Å²) in [5.74, 6) is 0.425. The summed E-state index contributed by atoms with van der Waals surface area (Å²) < 4.78 is 0. The molecule has 102 valence electrons. The van der Waals surface area contributed by atoms with Gasteiger partial charge in [0.1, 0.15) is 0 Å². The molecule has 0 heterocycles. The van der Waals surface area contributed by atoms with Crippen molar-refractivity contribution in [3.63, 3.8) is 0 Å². The first-order valence-corrected chi connectivity index (χ1v) is 6.84. The van der Waals surface area contributed by atoms with Crippen LogP contribution >= 0.6 is 0 Å². The van der Waals surface area contributed by atoms with Crippen molar-refractivity contribution in [2.24, 2.45) is 17.4 Å². The van der Waals surface area contributed by atoms with Gasteiger partial charge in [0.05, 0.1) is 0 Å². The molecule has 1 aromatic rings. The zero-order valence-corrected chi connectivity index (χ0v) is 12.5. The summed E-state index contributed by atoms with van der Waals surface area (Å²) in [6, 6.07) is 6.75. The van der Waals surface area contributed by atoms with Crippen molar-refractivity contribution < 1.29 is 0 Å². The summed E-state index contributed by atoms with van der Waals surface area (Å²) in [6.07, 6.45) is 0.974. The van der Waals surface area contributed by atoms with E-state index in [9.17, 15) is 0 Å². The van der Waals surface area contributed by atoms with Crippen molar-refractivity contribution in [3.05, 3.63) is 34.9 Å². The molecule has 0 aliphatic rings. The fraction of sp³-hybridized carbons (Fsp3) is 0.625. The third-order valence-corrected chi connectivity index (χ3v) is 3.73. The van der Waals surface area contributed by atoms with Crippen LogP contribution in [0.3, 0.4) is 0 Å². The van der Waals surface area contributed by atoms with Crippen LogP contribution in [0.25, 0.3) is 0 Å². The molecule has 0 radical (unpaired) electrons. The number of benzene rings is 1. The van der Waals surface area contributed by atoms with Crippen molar-refractivity contribution in [1.29, 1.82) is 0 Å². The number of hydrogen-bond acceptors (Lipinski definition) is 2. The van der Waals surface area contributed by atoms with E-state index >= 15 is 0 Å². The molecule has 0 spiro atoms. The molecular weight excluding hydrogens is 220 g/mol. The molecular formula is C16H28N2. The van der Waals surface area contributed by atoms with Gasteiger partial charge in [-0.3, -0.25) is 0 Å². The highest BCUT2D eigenvalue weighted by Gasteiger charge is 2.19. The third kappa shape index (κ3) is 3.56. The van der Waals surface area contributed by atoms with Gasteiger partial charge in [0.2, 0.25) is 0 Å². The molecule has 2 atom stereocenters. The van der Waals surface area contributed by atoms with Gasteiger partial charge in [-0.15, -0.1) is 0 Å². The molecule has 0 saturated carbocycles. The van der Waals surface area contributed by atoms with Crippen LogP contribution < -0.4 is 11.5 Å². The average molecular weight is 248 g/mol. The quantitative estimate of drug-likeness (QED) is 0.859. The molecule has 18 heavy (non-hydrogen) atoms. The van der Waals surface area contributed by atoms with Crippen molar-refractivity contribution in [2.75, 3.05) is 6.54 Å². The fourth-order valence-electron chi connectivity index (χ4n) is 2.27. The van der Waals surface area contributed by atoms with Crippen LogP contribution in [-0.4, -0.2) is 6.54 Å². The Balaban J connectivity index is 2.99. The molecule has 1 rings (SSSR count). The first kappa shape index (κ1) is 15.2. The molecule has 0 aliphatic carbocycles. The summed E-state index contributed by atoms with van der Waals surface area (Å²) >= 11 is 0. The minimum absolute atomic E-state index is 0.0857. The van der Waals surface area contributed by atoms with Crippen molar-refractivity contribution in [1.82, 2.24) is 0 Å². The Morgan fingerprint density at radius 3 is 2.28 bits per heavy atom. The second-order valence-corrected chi connectivity index (χ2v) is 6.40. The zero-order chi connectivity index (χ0) is 13.9. The topological polar surface area (TPSA) is 52.0 Å². The van der Waals surface area contributed by atoms with Gasteiger partial charge in [-0.1, -0.05) is 45.9 Å². The van der Waals surface area contributed by atoms with Crippen molar-refractivity contribution in [3.8, 4) is 0 Å². The van der Waals surface area contributed by atoms with Crippen molar-refractivity contribution in [2.45, 2.75) is 52.5 Å². The minimum atomic E-state index is 0.0857. The highest BCUT2D eigenvalue weighted by Crippen LogP contribution is 2.29. The van der Waals surface area contributed by atoms with Gasteiger partial charge in [-0.05, 0) is 47.9 Å². The van der Waals surface area contributed by atoms with Gasteiger partial charge in [-0.2, -0.15) is 0 Å². The van der Waals surface area contributed by atoms with Gasteiger partial charge in [0, 0.05) is 6.04 Å². The van der Waals surface area contributed by atoms with Crippen LogP contribution in [0.2, 0.25) is 0 Å². The molecule has 2 heteroatoms. The molecule has 1 aromatic carbocycles. The number of nitrogens with two attached hydrogens (primary N) is 2. The lowest BCUT2D eigenvalue weighted by Gasteiger charge is -2.25. The molecule has 0 bridgehead atoms. The van der Waals surface area contributed by atoms with Gasteiger partial charge >= 0.3 is 0 Å². The maximum absolute atomic E-state index is 6.33. The largest absolute Gasteiger partial charge is 0.330 e. The molecule has 0 amide bonds. The van der Waals surface area contributed by atoms with E-state index in [2.05, 4.69) is 52.8 Å². The van der Waals surface area contributed by atoms with Crippen LogP contribution in [0.1, 0.15) is 56.8 Å². The zero-order valence-electron chi connectivity index (χ0n) is 12.5. The minimum Gasteiger partial charge on any atom is -0.330 e. The van der Waals surface area contributed by atoms with E-state index in [1.54, 1.807) is 0 Å². The van der Waals surface area contributed by atoms with Gasteiger partial charge in [0.15, 0.2) is 0 Å². The van der Waals surface area contributed by atoms with Crippen LogP contribution in [-0.2, 0) is 5.41 Å². The summed E-state index contributed by atoms with van der Waals surface area (Å²) in [5.41, 5.74) is 16.0. The van der Waals surface area contributed by atoms with Gasteiger partial charge in [-0.25, -0.2) is 0 Å². The van der Waals surface area contributed by atoms with Crippen molar-refractivity contribution >= 4 is 0 Å². The summed E-state index contributed by atoms with van der Waals surface area (Å²) in [7, 11) is 0. The fourth-order valence-corrected chi connectivity index (χ4v) is 2.27. The smallest absolute Gasteiger partial charge is 0.0323 e. The van der Waals surface area contributed by atoms with Crippen LogP contribution in [0.5, 0.6) is 0 Å². The lowest BCUT2D eigenvalue weighted by atomic mass is 9.83. The van der Waals surface area contributed by atoms with E-state index in [0.29, 0.717) is 12.5 Å². The van der Waals surface area contributed by atoms with Crippen LogP contribution in [0.4, 0.5) is 0 Å². The standard InChI is InChI=1S/C16H28N2/c1-11(8-9-17)15(18)14-7-6-13(10-12(14)2)16(3,4)5/h6-7,10-11,15H,8-9,17-18H2,1-5H3. The Labute approximate surface area is 112 Å². The van der Waals surface area contributed by atoms with E-state index in [1.807, 2.05) is 0 Å². The van der Waals surface area contributed by atoms with Gasteiger partial charge < -0.3 is 11.5 Å². The van der Waals surface area contributed by atoms with Gasteiger partial charge in [0.25, 0.3) is 0 Å². The number of aryl methyl sites for hydroxylation is 1. The van der Waals surface area contributed by atoms with Crippen LogP contribution in [0, 0.1) is 12.8 Å². The Kier molecular flexibility index (Phi) is 4.94. The van der Waals surface area contributed by atoms with E-state index < -0.39 is 0 Å². The third-order valence-electron chi connectivity index (χ3n) is 3.73. The Hall–Kier alpha value is -0.860. The molecule has 4 N–H and O–H groups in total. The first-order valence-electron chi connectivity index (χ1n) is 6.84. The van der Waals surface area contributed by atoms with E-state index in [0.717, 1.165) is 6.42 Å². The lowest BCUT2D eigenvalue weighted by molar-refractivity contribution is 0.442. The molecule has 0 aliphatic heterocycles. The monoisotopic (exact) mass is 248 g/mol. The van der Waals surface area contributed by atoms with E-state index in [4.69, 9.17) is 11.5 Å². The summed E-state index contributed by atoms with van der Waals surface area (Å²) in [6.45, 7) is 11.7. The molecule has 2 unspecified atom stereocenters. The summed E-state index contributed by atoms with van der Waals surface area (Å²) in [5, 5.41) is 0. The maximum Gasteiger partial charge on any atom is 0.0323 e. The normalized spacial score (nSPS) is 15.5. The predicted molar refractivity (Wildman–Crippen MR) is 79.6 cm³/mol.